The van der Waals surface area contributed by atoms with Crippen molar-refractivity contribution in [1.82, 2.24) is 0 Å². The SMILES string of the molecule is CC(O[C]=O)(c1ccccc1)S(=O)(=O)O. The van der Waals surface area contributed by atoms with Gasteiger partial charge in [0.1, 0.15) is 0 Å². The minimum atomic E-state index is -4.56. The number of carbonyl (C=O) groups excluding carboxylic acids is 1. The lowest BCUT2D eigenvalue weighted by atomic mass is 10.1. The van der Waals surface area contributed by atoms with Gasteiger partial charge in [-0.3, -0.25) is 4.55 Å². The van der Waals surface area contributed by atoms with Crippen LogP contribution in [0.4, 0.5) is 0 Å². The van der Waals surface area contributed by atoms with Gasteiger partial charge < -0.3 is 4.74 Å². The lowest BCUT2D eigenvalue weighted by Crippen LogP contribution is -2.34. The number of ether oxygens (including phenoxy) is 1. The molecule has 0 aromatic heterocycles. The number of hydrogen-bond acceptors (Lipinski definition) is 4. The predicted octanol–water partition coefficient (Wildman–Crippen LogP) is 0.831. The van der Waals surface area contributed by atoms with Crippen LogP contribution in [0, 0.1) is 0 Å². The van der Waals surface area contributed by atoms with E-state index < -0.39 is 15.1 Å². The normalized spacial score (nSPS) is 15.3. The summed E-state index contributed by atoms with van der Waals surface area (Å²) in [5.41, 5.74) is 0.149. The van der Waals surface area contributed by atoms with Crippen LogP contribution in [0.3, 0.4) is 0 Å². The Kier molecular flexibility index (Phi) is 3.11. The molecule has 1 N–H and O–H groups in total. The van der Waals surface area contributed by atoms with Crippen molar-refractivity contribution in [3.8, 4) is 0 Å². The van der Waals surface area contributed by atoms with Gasteiger partial charge in [-0.25, -0.2) is 4.79 Å². The molecule has 1 unspecified atom stereocenters. The molecule has 0 fully saturated rings. The Hall–Kier alpha value is -1.40. The molecule has 15 heavy (non-hydrogen) atoms. The van der Waals surface area contributed by atoms with E-state index in [0.29, 0.717) is 0 Å². The van der Waals surface area contributed by atoms with Crippen LogP contribution in [-0.2, 0) is 24.6 Å². The molecular weight excluding hydrogens is 220 g/mol. The van der Waals surface area contributed by atoms with Gasteiger partial charge in [0.25, 0.3) is 4.93 Å². The molecule has 0 aliphatic carbocycles. The van der Waals surface area contributed by atoms with Gasteiger partial charge in [-0.15, -0.1) is 0 Å². The lowest BCUT2D eigenvalue weighted by molar-refractivity contribution is 0.137. The van der Waals surface area contributed by atoms with E-state index in [9.17, 15) is 13.2 Å². The molecule has 0 heterocycles. The van der Waals surface area contributed by atoms with E-state index in [1.165, 1.54) is 12.1 Å². The summed E-state index contributed by atoms with van der Waals surface area (Å²) in [5.74, 6) is 0. The predicted molar refractivity (Wildman–Crippen MR) is 52.1 cm³/mol. The standard InChI is InChI=1S/C9H9O5S/c1-9(14-7-10,15(11,12)13)8-5-3-2-4-6-8/h2-6H,1H3,(H,11,12,13). The zero-order chi connectivity index (χ0) is 11.5. The molecule has 81 valence electrons. The highest BCUT2D eigenvalue weighted by molar-refractivity contribution is 7.86. The topological polar surface area (TPSA) is 80.7 Å². The van der Waals surface area contributed by atoms with Crippen LogP contribution in [0.1, 0.15) is 12.5 Å². The van der Waals surface area contributed by atoms with Crippen LogP contribution in [0.25, 0.3) is 0 Å². The van der Waals surface area contributed by atoms with Gasteiger partial charge in [0.15, 0.2) is 0 Å². The van der Waals surface area contributed by atoms with E-state index in [2.05, 4.69) is 4.74 Å². The summed E-state index contributed by atoms with van der Waals surface area (Å²) in [6, 6.07) is 7.63. The van der Waals surface area contributed by atoms with E-state index in [1.807, 2.05) is 0 Å². The molecule has 0 saturated carbocycles. The van der Waals surface area contributed by atoms with E-state index in [0.717, 1.165) is 13.4 Å². The number of benzene rings is 1. The Labute approximate surface area is 87.4 Å². The highest BCUT2D eigenvalue weighted by Crippen LogP contribution is 2.29. The lowest BCUT2D eigenvalue weighted by Gasteiger charge is -2.23. The third-order valence-electron chi connectivity index (χ3n) is 2.03. The van der Waals surface area contributed by atoms with Gasteiger partial charge in [0.2, 0.25) is 0 Å². The van der Waals surface area contributed by atoms with E-state index in [4.69, 9.17) is 4.55 Å². The summed E-state index contributed by atoms with van der Waals surface area (Å²) >= 11 is 0. The van der Waals surface area contributed by atoms with Crippen molar-refractivity contribution in [2.24, 2.45) is 0 Å². The average Bonchev–Trinajstić information content (AvgIpc) is 2.18. The maximum absolute atomic E-state index is 11.1. The van der Waals surface area contributed by atoms with Crippen LogP contribution in [0.15, 0.2) is 30.3 Å². The second-order valence-electron chi connectivity index (χ2n) is 2.97. The summed E-state index contributed by atoms with van der Waals surface area (Å²) in [7, 11) is -4.56. The Morgan fingerprint density at radius 1 is 1.33 bits per heavy atom. The van der Waals surface area contributed by atoms with Gasteiger partial charge in [-0.05, 0) is 6.92 Å². The minimum Gasteiger partial charge on any atom is -0.427 e. The van der Waals surface area contributed by atoms with Gasteiger partial charge in [-0.2, -0.15) is 8.42 Å². The smallest absolute Gasteiger partial charge is 0.419 e. The third kappa shape index (κ3) is 2.16. The fraction of sp³-hybridized carbons (Fsp3) is 0.222. The van der Waals surface area contributed by atoms with Gasteiger partial charge in [0.05, 0.1) is 0 Å². The number of hydrogen-bond donors (Lipinski definition) is 1. The van der Waals surface area contributed by atoms with Crippen molar-refractivity contribution in [3.63, 3.8) is 0 Å². The molecule has 6 heteroatoms. The molecule has 1 aromatic carbocycles. The molecule has 1 atom stereocenters. The second kappa shape index (κ2) is 4.00. The van der Waals surface area contributed by atoms with Gasteiger partial charge in [-0.1, -0.05) is 30.3 Å². The Balaban J connectivity index is 3.31. The first-order chi connectivity index (χ1) is 6.92. The molecule has 5 nitrogen and oxygen atoms in total. The van der Waals surface area contributed by atoms with Gasteiger partial charge in [0, 0.05) is 5.56 Å². The zero-order valence-electron chi connectivity index (χ0n) is 7.88. The third-order valence-corrected chi connectivity index (χ3v) is 3.33. The number of rotatable bonds is 4. The molecule has 0 amide bonds. The van der Waals surface area contributed by atoms with Crippen molar-refractivity contribution in [2.45, 2.75) is 11.9 Å². The molecule has 1 aromatic rings. The molecule has 0 saturated heterocycles. The largest absolute Gasteiger partial charge is 0.427 e. The zero-order valence-corrected chi connectivity index (χ0v) is 8.69. The maximum atomic E-state index is 11.1. The molecule has 0 spiro atoms. The highest BCUT2D eigenvalue weighted by Gasteiger charge is 2.42. The fourth-order valence-electron chi connectivity index (χ4n) is 1.08. The summed E-state index contributed by atoms with van der Waals surface area (Å²) in [6.07, 6.45) is 0. The van der Waals surface area contributed by atoms with E-state index >= 15 is 0 Å². The second-order valence-corrected chi connectivity index (χ2v) is 4.70. The van der Waals surface area contributed by atoms with E-state index in [1.54, 1.807) is 18.2 Å². The summed E-state index contributed by atoms with van der Waals surface area (Å²) < 4.78 is 35.5. The van der Waals surface area contributed by atoms with Crippen molar-refractivity contribution in [1.29, 1.82) is 0 Å². The molecule has 0 aliphatic rings. The molecule has 1 rings (SSSR count). The highest BCUT2D eigenvalue weighted by atomic mass is 32.2. The first-order valence-electron chi connectivity index (χ1n) is 3.99. The average molecular weight is 229 g/mol. The first-order valence-corrected chi connectivity index (χ1v) is 5.43. The summed E-state index contributed by atoms with van der Waals surface area (Å²) in [5, 5.41) is 0. The van der Waals surface area contributed by atoms with Crippen molar-refractivity contribution in [3.05, 3.63) is 35.9 Å². The van der Waals surface area contributed by atoms with Crippen LogP contribution in [-0.4, -0.2) is 19.4 Å². The Morgan fingerprint density at radius 3 is 2.27 bits per heavy atom. The Bertz CT molecular complexity index is 439. The van der Waals surface area contributed by atoms with Gasteiger partial charge >= 0.3 is 16.6 Å². The minimum absolute atomic E-state index is 0.149. The van der Waals surface area contributed by atoms with Crippen molar-refractivity contribution >= 4 is 16.6 Å². The summed E-state index contributed by atoms with van der Waals surface area (Å²) in [4.78, 5) is 8.00. The van der Waals surface area contributed by atoms with Crippen LogP contribution >= 0.6 is 0 Å². The van der Waals surface area contributed by atoms with Crippen molar-refractivity contribution in [2.75, 3.05) is 0 Å². The monoisotopic (exact) mass is 229 g/mol. The Morgan fingerprint density at radius 2 is 1.87 bits per heavy atom. The molecule has 1 radical (unpaired) electrons. The molecule has 0 bridgehead atoms. The fourth-order valence-corrected chi connectivity index (χ4v) is 1.65. The van der Waals surface area contributed by atoms with E-state index in [-0.39, 0.29) is 5.56 Å². The molecule has 0 aliphatic heterocycles. The first kappa shape index (κ1) is 11.7. The maximum Gasteiger partial charge on any atom is 0.419 e. The van der Waals surface area contributed by atoms with Crippen LogP contribution < -0.4 is 0 Å². The molecular formula is C9H9O5S. The summed E-state index contributed by atoms with van der Waals surface area (Å²) in [6.45, 7) is 2.10. The quantitative estimate of drug-likeness (QED) is 0.773. The van der Waals surface area contributed by atoms with Crippen LogP contribution in [0.2, 0.25) is 0 Å². The van der Waals surface area contributed by atoms with Crippen molar-refractivity contribution < 1.29 is 22.5 Å². The van der Waals surface area contributed by atoms with Crippen LogP contribution in [0.5, 0.6) is 0 Å².